The maximum atomic E-state index is 14.5. The third-order valence-corrected chi connectivity index (χ3v) is 4.50. The second kappa shape index (κ2) is 8.06. The molecule has 0 saturated carbocycles. The maximum absolute atomic E-state index is 14.5. The van der Waals surface area contributed by atoms with E-state index in [2.05, 4.69) is 15.5 Å². The predicted octanol–water partition coefficient (Wildman–Crippen LogP) is 5.03. The van der Waals surface area contributed by atoms with E-state index < -0.39 is 5.82 Å². The number of benzene rings is 2. The van der Waals surface area contributed by atoms with Crippen LogP contribution in [0.5, 0.6) is 0 Å². The van der Waals surface area contributed by atoms with Crippen molar-refractivity contribution in [2.75, 3.05) is 5.32 Å². The molecular formula is C23H18FN3O2. The van der Waals surface area contributed by atoms with E-state index in [0.717, 1.165) is 11.1 Å². The number of carbonyl (C=O) groups is 1. The summed E-state index contributed by atoms with van der Waals surface area (Å²) in [4.78, 5) is 16.6. The molecule has 0 fully saturated rings. The van der Waals surface area contributed by atoms with Crippen LogP contribution >= 0.6 is 0 Å². The van der Waals surface area contributed by atoms with Gasteiger partial charge < -0.3 is 4.52 Å². The Kier molecular flexibility index (Phi) is 5.16. The maximum Gasteiger partial charge on any atom is 0.239 e. The molecule has 0 aliphatic carbocycles. The van der Waals surface area contributed by atoms with Crippen molar-refractivity contribution >= 4 is 11.8 Å². The molecule has 0 atom stereocenters. The van der Waals surface area contributed by atoms with Gasteiger partial charge in [0.25, 0.3) is 0 Å². The lowest BCUT2D eigenvalue weighted by Gasteiger charge is -2.07. The van der Waals surface area contributed by atoms with Gasteiger partial charge in [-0.25, -0.2) is 4.39 Å². The van der Waals surface area contributed by atoms with Gasteiger partial charge in [0.1, 0.15) is 11.5 Å². The van der Waals surface area contributed by atoms with Gasteiger partial charge in [0, 0.05) is 18.0 Å². The molecule has 0 aliphatic heterocycles. The number of rotatable bonds is 5. The van der Waals surface area contributed by atoms with Gasteiger partial charge in [-0.15, -0.1) is 0 Å². The minimum absolute atomic E-state index is 0.174. The topological polar surface area (TPSA) is 68.0 Å². The molecule has 4 rings (SSSR count). The number of carbonyl (C=O) groups excluding carboxylic acids is 1. The highest BCUT2D eigenvalue weighted by molar-refractivity contribution is 5.97. The molecule has 0 spiro atoms. The Morgan fingerprint density at radius 1 is 1.07 bits per heavy atom. The van der Waals surface area contributed by atoms with Crippen molar-refractivity contribution in [3.8, 4) is 22.4 Å². The Bertz CT molecular complexity index is 1140. The average molecular weight is 387 g/mol. The Balaban J connectivity index is 1.74. The second-order valence-electron chi connectivity index (χ2n) is 6.67. The van der Waals surface area contributed by atoms with Crippen LogP contribution in [-0.2, 0) is 11.2 Å². The van der Waals surface area contributed by atoms with Gasteiger partial charge in [-0.05, 0) is 42.3 Å². The van der Waals surface area contributed by atoms with Gasteiger partial charge in [-0.2, -0.15) is 0 Å². The molecule has 2 aromatic carbocycles. The minimum atomic E-state index is -0.415. The zero-order valence-corrected chi connectivity index (χ0v) is 15.7. The van der Waals surface area contributed by atoms with Gasteiger partial charge >= 0.3 is 0 Å². The number of hydrogen-bond acceptors (Lipinski definition) is 4. The lowest BCUT2D eigenvalue weighted by Crippen LogP contribution is -2.14. The van der Waals surface area contributed by atoms with Crippen molar-refractivity contribution in [1.29, 1.82) is 0 Å². The Morgan fingerprint density at radius 3 is 2.59 bits per heavy atom. The van der Waals surface area contributed by atoms with E-state index in [4.69, 9.17) is 4.52 Å². The number of aromatic nitrogens is 2. The lowest BCUT2D eigenvalue weighted by atomic mass is 10.00. The molecule has 0 unspecified atom stereocenters. The van der Waals surface area contributed by atoms with E-state index >= 15 is 0 Å². The van der Waals surface area contributed by atoms with Gasteiger partial charge in [-0.1, -0.05) is 47.1 Å². The first-order chi connectivity index (χ1) is 14.1. The van der Waals surface area contributed by atoms with Crippen LogP contribution in [0.25, 0.3) is 22.4 Å². The molecule has 6 heteroatoms. The van der Waals surface area contributed by atoms with Crippen LogP contribution in [-0.4, -0.2) is 16.0 Å². The number of amides is 1. The molecule has 5 nitrogen and oxygen atoms in total. The van der Waals surface area contributed by atoms with Crippen LogP contribution in [0.2, 0.25) is 0 Å². The van der Waals surface area contributed by atoms with E-state index in [1.54, 1.807) is 36.7 Å². The minimum Gasteiger partial charge on any atom is -0.337 e. The number of pyridine rings is 1. The molecule has 1 amide bonds. The number of nitrogens with one attached hydrogen (secondary N) is 1. The summed E-state index contributed by atoms with van der Waals surface area (Å²) in [5.74, 6) is -0.492. The van der Waals surface area contributed by atoms with E-state index in [1.165, 1.54) is 6.07 Å². The molecule has 2 aromatic heterocycles. The largest absolute Gasteiger partial charge is 0.337 e. The first-order valence-electron chi connectivity index (χ1n) is 9.12. The number of aryl methyl sites for hydroxylation is 1. The van der Waals surface area contributed by atoms with Crippen molar-refractivity contribution in [3.05, 3.63) is 90.0 Å². The molecule has 4 aromatic rings. The van der Waals surface area contributed by atoms with Crippen LogP contribution < -0.4 is 5.32 Å². The third-order valence-electron chi connectivity index (χ3n) is 4.50. The zero-order valence-electron chi connectivity index (χ0n) is 15.7. The Morgan fingerprint density at radius 2 is 1.83 bits per heavy atom. The highest BCUT2D eigenvalue weighted by atomic mass is 19.1. The summed E-state index contributed by atoms with van der Waals surface area (Å²) in [6.07, 6.45) is 3.42. The molecule has 0 saturated heterocycles. The summed E-state index contributed by atoms with van der Waals surface area (Å²) in [7, 11) is 0. The van der Waals surface area contributed by atoms with Crippen molar-refractivity contribution < 1.29 is 13.7 Å². The monoisotopic (exact) mass is 387 g/mol. The molecule has 144 valence electrons. The van der Waals surface area contributed by atoms with Crippen LogP contribution in [0, 0.1) is 12.7 Å². The number of halogens is 1. The average Bonchev–Trinajstić information content (AvgIpc) is 3.14. The van der Waals surface area contributed by atoms with Crippen molar-refractivity contribution in [1.82, 2.24) is 10.1 Å². The van der Waals surface area contributed by atoms with Crippen LogP contribution in [0.4, 0.5) is 10.3 Å². The van der Waals surface area contributed by atoms with Gasteiger partial charge in [0.05, 0.1) is 12.0 Å². The fourth-order valence-electron chi connectivity index (χ4n) is 3.12. The first-order valence-corrected chi connectivity index (χ1v) is 9.12. The van der Waals surface area contributed by atoms with E-state index in [0.29, 0.717) is 22.4 Å². The third kappa shape index (κ3) is 4.06. The molecule has 1 N–H and O–H groups in total. The summed E-state index contributed by atoms with van der Waals surface area (Å²) in [6, 6.07) is 17.7. The lowest BCUT2D eigenvalue weighted by molar-refractivity contribution is -0.115. The molecule has 0 bridgehead atoms. The normalized spacial score (nSPS) is 10.7. The fraction of sp³-hybridized carbons (Fsp3) is 0.0870. The Labute approximate surface area is 167 Å². The van der Waals surface area contributed by atoms with E-state index in [-0.39, 0.29) is 18.2 Å². The standard InChI is InChI=1S/C23H18FN3O2/c1-15-7-8-19(24)18(13-15)22-21(17-9-11-25-12-10-17)23(29-27-22)26-20(28)14-16-5-3-2-4-6-16/h2-13H,14H2,1H3,(H,26,28). The fourth-order valence-corrected chi connectivity index (χ4v) is 3.12. The first kappa shape index (κ1) is 18.6. The Hall–Kier alpha value is -3.80. The van der Waals surface area contributed by atoms with Crippen LogP contribution in [0.15, 0.2) is 77.6 Å². The second-order valence-corrected chi connectivity index (χ2v) is 6.67. The van der Waals surface area contributed by atoms with Crippen molar-refractivity contribution in [3.63, 3.8) is 0 Å². The molecule has 0 radical (unpaired) electrons. The number of nitrogens with zero attached hydrogens (tertiary/aromatic N) is 2. The molecular weight excluding hydrogens is 369 g/mol. The van der Waals surface area contributed by atoms with Crippen molar-refractivity contribution in [2.45, 2.75) is 13.3 Å². The highest BCUT2D eigenvalue weighted by Gasteiger charge is 2.23. The van der Waals surface area contributed by atoms with Crippen LogP contribution in [0.3, 0.4) is 0 Å². The predicted molar refractivity (Wildman–Crippen MR) is 109 cm³/mol. The van der Waals surface area contributed by atoms with Gasteiger partial charge in [0.2, 0.25) is 11.8 Å². The summed E-state index contributed by atoms with van der Waals surface area (Å²) in [5, 5.41) is 6.85. The summed E-state index contributed by atoms with van der Waals surface area (Å²) >= 11 is 0. The summed E-state index contributed by atoms with van der Waals surface area (Å²) < 4.78 is 20.0. The van der Waals surface area contributed by atoms with E-state index in [9.17, 15) is 9.18 Å². The SMILES string of the molecule is Cc1ccc(F)c(-c2noc(NC(=O)Cc3ccccc3)c2-c2ccncc2)c1. The number of anilines is 1. The summed E-state index contributed by atoms with van der Waals surface area (Å²) in [6.45, 7) is 1.87. The smallest absolute Gasteiger partial charge is 0.239 e. The quantitative estimate of drug-likeness (QED) is 0.521. The van der Waals surface area contributed by atoms with Crippen LogP contribution in [0.1, 0.15) is 11.1 Å². The number of hydrogen-bond donors (Lipinski definition) is 1. The van der Waals surface area contributed by atoms with Gasteiger partial charge in [-0.3, -0.25) is 15.1 Å². The highest BCUT2D eigenvalue weighted by Crippen LogP contribution is 2.38. The zero-order chi connectivity index (χ0) is 20.2. The molecule has 2 heterocycles. The van der Waals surface area contributed by atoms with E-state index in [1.807, 2.05) is 37.3 Å². The molecule has 0 aliphatic rings. The van der Waals surface area contributed by atoms with Gasteiger partial charge in [0.15, 0.2) is 0 Å². The van der Waals surface area contributed by atoms with Crippen molar-refractivity contribution in [2.24, 2.45) is 0 Å². The molecule has 29 heavy (non-hydrogen) atoms. The summed E-state index contributed by atoms with van der Waals surface area (Å²) in [5.41, 5.74) is 3.63.